The number of ether oxygens (including phenoxy) is 2. The zero-order chi connectivity index (χ0) is 20.4. The second kappa shape index (κ2) is 8.21. The number of nitrogens with zero attached hydrogens (tertiary/aromatic N) is 1. The molecule has 4 rings (SSSR count). The summed E-state index contributed by atoms with van der Waals surface area (Å²) < 4.78 is 24.6. The summed E-state index contributed by atoms with van der Waals surface area (Å²) in [7, 11) is 0. The van der Waals surface area contributed by atoms with E-state index >= 15 is 0 Å². The molecule has 2 aromatic carbocycles. The fourth-order valence-electron chi connectivity index (χ4n) is 3.28. The predicted octanol–water partition coefficient (Wildman–Crippen LogP) is 4.85. The molecule has 0 fully saturated rings. The number of carbonyl (C=O) groups is 1. The number of hydrogen-bond donors (Lipinski definition) is 1. The van der Waals surface area contributed by atoms with E-state index in [1.807, 2.05) is 31.4 Å². The van der Waals surface area contributed by atoms with Gasteiger partial charge in [0.25, 0.3) is 0 Å². The van der Waals surface area contributed by atoms with Crippen molar-refractivity contribution in [1.82, 2.24) is 4.98 Å². The first kappa shape index (κ1) is 19.4. The summed E-state index contributed by atoms with van der Waals surface area (Å²) in [5.41, 5.74) is 3.17. The molecule has 1 aliphatic heterocycles. The summed E-state index contributed by atoms with van der Waals surface area (Å²) >= 11 is 1.43. The highest BCUT2D eigenvalue weighted by Gasteiger charge is 2.22. The zero-order valence-corrected chi connectivity index (χ0v) is 17.0. The molecule has 0 saturated carbocycles. The Bertz CT molecular complexity index is 1030. The van der Waals surface area contributed by atoms with E-state index in [1.165, 1.54) is 23.5 Å². The molecular formula is C22H21FN2O3S. The zero-order valence-electron chi connectivity index (χ0n) is 16.2. The Balaban J connectivity index is 1.47. The van der Waals surface area contributed by atoms with E-state index in [0.29, 0.717) is 23.7 Å². The number of carbonyl (C=O) groups excluding carboxylic acids is 1. The molecule has 5 nitrogen and oxygen atoms in total. The summed E-state index contributed by atoms with van der Waals surface area (Å²) in [6.07, 6.45) is 1.08. The van der Waals surface area contributed by atoms with Crippen molar-refractivity contribution in [3.8, 4) is 22.1 Å². The molecule has 0 radical (unpaired) electrons. The number of amides is 1. The van der Waals surface area contributed by atoms with Gasteiger partial charge in [0.2, 0.25) is 5.91 Å². The Labute approximate surface area is 172 Å². The van der Waals surface area contributed by atoms with Crippen LogP contribution in [0.2, 0.25) is 0 Å². The fourth-order valence-corrected chi connectivity index (χ4v) is 4.11. The number of aromatic nitrogens is 1. The molecule has 2 heterocycles. The number of fused-ring (bicyclic) bond motifs is 1. The van der Waals surface area contributed by atoms with Crippen molar-refractivity contribution in [3.63, 3.8) is 0 Å². The predicted molar refractivity (Wildman–Crippen MR) is 111 cm³/mol. The van der Waals surface area contributed by atoms with E-state index in [0.717, 1.165) is 28.3 Å². The van der Waals surface area contributed by atoms with Gasteiger partial charge in [0.1, 0.15) is 28.4 Å². The van der Waals surface area contributed by atoms with Gasteiger partial charge < -0.3 is 14.8 Å². The van der Waals surface area contributed by atoms with E-state index in [-0.39, 0.29) is 24.2 Å². The highest BCUT2D eigenvalue weighted by Crippen LogP contribution is 2.38. The lowest BCUT2D eigenvalue weighted by molar-refractivity contribution is -0.115. The van der Waals surface area contributed by atoms with Crippen molar-refractivity contribution in [2.75, 3.05) is 11.9 Å². The molecule has 0 bridgehead atoms. The number of anilines is 1. The summed E-state index contributed by atoms with van der Waals surface area (Å²) in [5, 5.41) is 5.51. The average molecular weight is 412 g/mol. The number of nitrogens with one attached hydrogen (secondary N) is 1. The van der Waals surface area contributed by atoms with Gasteiger partial charge in [-0.25, -0.2) is 9.37 Å². The van der Waals surface area contributed by atoms with Gasteiger partial charge in [0.05, 0.1) is 24.4 Å². The highest BCUT2D eigenvalue weighted by atomic mass is 32.1. The Morgan fingerprint density at radius 1 is 1.34 bits per heavy atom. The minimum absolute atomic E-state index is 0.116. The number of hydrogen-bond acceptors (Lipinski definition) is 5. The van der Waals surface area contributed by atoms with Crippen LogP contribution in [0.15, 0.2) is 41.8 Å². The molecule has 7 heteroatoms. The van der Waals surface area contributed by atoms with Crippen LogP contribution < -0.4 is 14.8 Å². The third-order valence-electron chi connectivity index (χ3n) is 4.56. The maximum absolute atomic E-state index is 13.1. The molecule has 29 heavy (non-hydrogen) atoms. The molecule has 0 aliphatic carbocycles. The third-order valence-corrected chi connectivity index (χ3v) is 5.50. The van der Waals surface area contributed by atoms with Gasteiger partial charge in [0.15, 0.2) is 0 Å². The molecule has 1 aromatic heterocycles. The molecule has 0 spiro atoms. The van der Waals surface area contributed by atoms with Crippen LogP contribution in [0.4, 0.5) is 10.1 Å². The van der Waals surface area contributed by atoms with Gasteiger partial charge in [0, 0.05) is 29.0 Å². The number of rotatable bonds is 6. The van der Waals surface area contributed by atoms with Gasteiger partial charge in [-0.2, -0.15) is 0 Å². The first-order valence-corrected chi connectivity index (χ1v) is 10.4. The second-order valence-electron chi connectivity index (χ2n) is 6.90. The van der Waals surface area contributed by atoms with Crippen LogP contribution in [0.3, 0.4) is 0 Å². The Morgan fingerprint density at radius 2 is 2.14 bits per heavy atom. The van der Waals surface area contributed by atoms with Crippen molar-refractivity contribution in [3.05, 3.63) is 58.9 Å². The normalized spacial score (nSPS) is 14.9. The quantitative estimate of drug-likeness (QED) is 0.629. The first-order chi connectivity index (χ1) is 14.0. The minimum Gasteiger partial charge on any atom is -0.492 e. The Morgan fingerprint density at radius 3 is 2.90 bits per heavy atom. The summed E-state index contributed by atoms with van der Waals surface area (Å²) in [6.45, 7) is 4.43. The summed E-state index contributed by atoms with van der Waals surface area (Å²) in [6, 6.07) is 9.92. The molecule has 3 aromatic rings. The van der Waals surface area contributed by atoms with Crippen LogP contribution in [0.5, 0.6) is 11.5 Å². The van der Waals surface area contributed by atoms with Crippen molar-refractivity contribution in [1.29, 1.82) is 0 Å². The molecule has 0 saturated heterocycles. The van der Waals surface area contributed by atoms with Crippen LogP contribution in [-0.4, -0.2) is 23.6 Å². The van der Waals surface area contributed by atoms with Crippen molar-refractivity contribution in [2.24, 2.45) is 0 Å². The lowest BCUT2D eigenvalue weighted by atomic mass is 10.1. The molecule has 1 amide bonds. The molecule has 1 atom stereocenters. The van der Waals surface area contributed by atoms with Crippen molar-refractivity contribution >= 4 is 22.9 Å². The molecule has 1 unspecified atom stereocenters. The van der Waals surface area contributed by atoms with E-state index in [1.54, 1.807) is 12.1 Å². The number of halogens is 1. The van der Waals surface area contributed by atoms with Crippen LogP contribution in [0.25, 0.3) is 10.6 Å². The number of thiazole rings is 1. The van der Waals surface area contributed by atoms with E-state index in [9.17, 15) is 9.18 Å². The van der Waals surface area contributed by atoms with E-state index in [2.05, 4.69) is 10.3 Å². The van der Waals surface area contributed by atoms with Crippen LogP contribution in [0.1, 0.15) is 25.1 Å². The SMILES string of the molecule is CCOc1cc2c(cc1NC(=O)Cc1csc(-c3ccc(F)cc3)n1)OC(C)C2. The monoisotopic (exact) mass is 412 g/mol. The fraction of sp³-hybridized carbons (Fsp3) is 0.273. The standard InChI is InChI=1S/C22H21FN2O3S/c1-3-27-20-9-15-8-13(2)28-19(15)11-18(20)25-21(26)10-17-12-29-22(24-17)14-4-6-16(23)7-5-14/h4-7,9,11-13H,3,8,10H2,1-2H3,(H,25,26). The van der Waals surface area contributed by atoms with Gasteiger partial charge >= 0.3 is 0 Å². The Kier molecular flexibility index (Phi) is 5.49. The molecule has 150 valence electrons. The third kappa shape index (κ3) is 4.40. The lowest BCUT2D eigenvalue weighted by Crippen LogP contribution is -2.15. The maximum Gasteiger partial charge on any atom is 0.230 e. The van der Waals surface area contributed by atoms with E-state index < -0.39 is 0 Å². The van der Waals surface area contributed by atoms with Crippen molar-refractivity contribution < 1.29 is 18.7 Å². The lowest BCUT2D eigenvalue weighted by Gasteiger charge is -2.13. The second-order valence-corrected chi connectivity index (χ2v) is 7.76. The molecular weight excluding hydrogens is 391 g/mol. The average Bonchev–Trinajstić information content (AvgIpc) is 3.28. The highest BCUT2D eigenvalue weighted by molar-refractivity contribution is 7.13. The van der Waals surface area contributed by atoms with Gasteiger partial charge in [-0.05, 0) is 44.2 Å². The summed E-state index contributed by atoms with van der Waals surface area (Å²) in [5.74, 6) is 0.946. The maximum atomic E-state index is 13.1. The van der Waals surface area contributed by atoms with Crippen molar-refractivity contribution in [2.45, 2.75) is 32.8 Å². The first-order valence-electron chi connectivity index (χ1n) is 9.48. The smallest absolute Gasteiger partial charge is 0.230 e. The van der Waals surface area contributed by atoms with Crippen LogP contribution >= 0.6 is 11.3 Å². The van der Waals surface area contributed by atoms with Gasteiger partial charge in [-0.15, -0.1) is 11.3 Å². The molecule has 1 N–H and O–H groups in total. The van der Waals surface area contributed by atoms with Gasteiger partial charge in [-0.1, -0.05) is 0 Å². The molecule has 1 aliphatic rings. The topological polar surface area (TPSA) is 60.5 Å². The minimum atomic E-state index is -0.289. The number of benzene rings is 2. The summed E-state index contributed by atoms with van der Waals surface area (Å²) in [4.78, 5) is 17.1. The van der Waals surface area contributed by atoms with Crippen LogP contribution in [0, 0.1) is 5.82 Å². The Hall–Kier alpha value is -2.93. The van der Waals surface area contributed by atoms with Gasteiger partial charge in [-0.3, -0.25) is 4.79 Å². The van der Waals surface area contributed by atoms with E-state index in [4.69, 9.17) is 9.47 Å². The van der Waals surface area contributed by atoms with Crippen LogP contribution in [-0.2, 0) is 17.6 Å². The largest absolute Gasteiger partial charge is 0.492 e.